The number of aromatic nitrogens is 2. The Morgan fingerprint density at radius 3 is 3.05 bits per heavy atom. The normalized spacial score (nSPS) is 19.2. The summed E-state index contributed by atoms with van der Waals surface area (Å²) in [4.78, 5) is 23.0. The number of piperidine rings is 1. The van der Waals surface area contributed by atoms with Gasteiger partial charge in [-0.15, -0.1) is 0 Å². The third-order valence-corrected chi connectivity index (χ3v) is 3.79. The molecule has 1 aliphatic heterocycles. The number of carbonyl (C=O) groups is 1. The first-order valence-corrected chi connectivity index (χ1v) is 6.89. The van der Waals surface area contributed by atoms with Crippen LogP contribution in [0, 0.1) is 5.92 Å². The Kier molecular flexibility index (Phi) is 3.60. The van der Waals surface area contributed by atoms with Crippen LogP contribution in [0.5, 0.6) is 0 Å². The summed E-state index contributed by atoms with van der Waals surface area (Å²) in [5, 5.41) is 9.27. The highest BCUT2D eigenvalue weighted by atomic mass is 16.3. The number of nitrogens with zero attached hydrogens (tertiary/aromatic N) is 3. The molecular weight excluding hydrogens is 254 g/mol. The lowest BCUT2D eigenvalue weighted by molar-refractivity contribution is 0.0622. The van der Waals surface area contributed by atoms with Gasteiger partial charge in [-0.25, -0.2) is 0 Å². The molecule has 1 atom stereocenters. The van der Waals surface area contributed by atoms with Gasteiger partial charge in [0.1, 0.15) is 5.52 Å². The van der Waals surface area contributed by atoms with Gasteiger partial charge in [0.25, 0.3) is 5.91 Å². The Bertz CT molecular complexity index is 624. The molecule has 1 aromatic carbocycles. The molecule has 0 aliphatic carbocycles. The molecular formula is C15H17N3O2. The fourth-order valence-electron chi connectivity index (χ4n) is 2.73. The Balaban J connectivity index is 1.92. The average molecular weight is 271 g/mol. The smallest absolute Gasteiger partial charge is 0.256 e. The summed E-state index contributed by atoms with van der Waals surface area (Å²) in [6.07, 6.45) is 5.15. The molecule has 104 valence electrons. The minimum absolute atomic E-state index is 0.0192. The lowest BCUT2D eigenvalue weighted by atomic mass is 9.98. The maximum atomic E-state index is 12.7. The van der Waals surface area contributed by atoms with Crippen molar-refractivity contribution in [3.63, 3.8) is 0 Å². The Hall–Kier alpha value is -2.01. The first kappa shape index (κ1) is 13.0. The number of benzene rings is 1. The number of para-hydroxylation sites is 1. The first-order chi connectivity index (χ1) is 9.79. The Labute approximate surface area is 117 Å². The second-order valence-corrected chi connectivity index (χ2v) is 5.17. The standard InChI is InChI=1S/C15H17N3O2/c19-10-11-3-2-8-18(9-11)15(20)12-4-1-5-13-14(12)17-7-6-16-13/h1,4-7,11,19H,2-3,8-10H2. The molecule has 20 heavy (non-hydrogen) atoms. The van der Waals surface area contributed by atoms with Gasteiger partial charge in [0.2, 0.25) is 0 Å². The highest BCUT2D eigenvalue weighted by Gasteiger charge is 2.25. The van der Waals surface area contributed by atoms with Crippen molar-refractivity contribution in [3.05, 3.63) is 36.2 Å². The SMILES string of the molecule is O=C(c1cccc2nccnc12)N1CCCC(CO)C1. The third kappa shape index (κ3) is 2.36. The topological polar surface area (TPSA) is 66.3 Å². The third-order valence-electron chi connectivity index (χ3n) is 3.79. The molecule has 5 heteroatoms. The van der Waals surface area contributed by atoms with Crippen LogP contribution in [-0.4, -0.2) is 45.6 Å². The molecule has 0 saturated carbocycles. The van der Waals surface area contributed by atoms with Gasteiger partial charge in [-0.05, 0) is 30.9 Å². The molecule has 1 unspecified atom stereocenters. The van der Waals surface area contributed by atoms with Crippen molar-refractivity contribution in [1.29, 1.82) is 0 Å². The summed E-state index contributed by atoms with van der Waals surface area (Å²) in [6, 6.07) is 5.48. The van der Waals surface area contributed by atoms with E-state index >= 15 is 0 Å². The highest BCUT2D eigenvalue weighted by Crippen LogP contribution is 2.21. The number of carbonyl (C=O) groups excluding carboxylic acids is 1. The molecule has 2 aromatic rings. The van der Waals surface area contributed by atoms with E-state index in [-0.39, 0.29) is 18.4 Å². The van der Waals surface area contributed by atoms with Gasteiger partial charge in [0.15, 0.2) is 0 Å². The van der Waals surface area contributed by atoms with Crippen LogP contribution < -0.4 is 0 Å². The molecule has 1 saturated heterocycles. The Morgan fingerprint density at radius 1 is 1.35 bits per heavy atom. The van der Waals surface area contributed by atoms with Crippen LogP contribution >= 0.6 is 0 Å². The molecule has 3 rings (SSSR count). The molecule has 1 fully saturated rings. The van der Waals surface area contributed by atoms with E-state index in [1.54, 1.807) is 18.5 Å². The van der Waals surface area contributed by atoms with Crippen LogP contribution in [0.4, 0.5) is 0 Å². The van der Waals surface area contributed by atoms with E-state index in [4.69, 9.17) is 0 Å². The molecule has 2 heterocycles. The summed E-state index contributed by atoms with van der Waals surface area (Å²) in [6.45, 7) is 1.50. The van der Waals surface area contributed by atoms with Gasteiger partial charge in [-0.1, -0.05) is 6.07 Å². The van der Waals surface area contributed by atoms with Gasteiger partial charge in [-0.2, -0.15) is 0 Å². The van der Waals surface area contributed by atoms with Gasteiger partial charge in [0.05, 0.1) is 11.1 Å². The molecule has 0 bridgehead atoms. The van der Waals surface area contributed by atoms with Crippen molar-refractivity contribution in [2.45, 2.75) is 12.8 Å². The predicted molar refractivity (Wildman–Crippen MR) is 75.3 cm³/mol. The van der Waals surface area contributed by atoms with Crippen molar-refractivity contribution in [3.8, 4) is 0 Å². The number of aliphatic hydroxyl groups excluding tert-OH is 1. The average Bonchev–Trinajstić information content (AvgIpc) is 2.53. The number of hydrogen-bond donors (Lipinski definition) is 1. The molecule has 1 amide bonds. The zero-order valence-corrected chi connectivity index (χ0v) is 11.2. The monoisotopic (exact) mass is 271 g/mol. The lowest BCUT2D eigenvalue weighted by Gasteiger charge is -2.32. The molecule has 5 nitrogen and oxygen atoms in total. The van der Waals surface area contributed by atoms with Crippen molar-refractivity contribution < 1.29 is 9.90 Å². The second kappa shape index (κ2) is 5.54. The van der Waals surface area contributed by atoms with E-state index < -0.39 is 0 Å². The van der Waals surface area contributed by atoms with Crippen LogP contribution in [0.3, 0.4) is 0 Å². The summed E-state index contributed by atoms with van der Waals surface area (Å²) in [7, 11) is 0. The van der Waals surface area contributed by atoms with E-state index in [0.717, 1.165) is 24.9 Å². The Morgan fingerprint density at radius 2 is 2.20 bits per heavy atom. The maximum Gasteiger partial charge on any atom is 0.256 e. The number of likely N-dealkylation sites (tertiary alicyclic amines) is 1. The molecule has 1 aliphatic rings. The van der Waals surface area contributed by atoms with E-state index in [1.165, 1.54) is 0 Å². The molecule has 0 spiro atoms. The number of fused-ring (bicyclic) bond motifs is 1. The van der Waals surface area contributed by atoms with Crippen LogP contribution in [-0.2, 0) is 0 Å². The van der Waals surface area contributed by atoms with Crippen LogP contribution in [0.25, 0.3) is 11.0 Å². The zero-order chi connectivity index (χ0) is 13.9. The fraction of sp³-hybridized carbons (Fsp3) is 0.400. The molecule has 0 radical (unpaired) electrons. The van der Waals surface area contributed by atoms with E-state index in [2.05, 4.69) is 9.97 Å². The van der Waals surface area contributed by atoms with Crippen molar-refractivity contribution in [2.24, 2.45) is 5.92 Å². The number of aliphatic hydroxyl groups is 1. The van der Waals surface area contributed by atoms with E-state index in [9.17, 15) is 9.90 Å². The highest BCUT2D eigenvalue weighted by molar-refractivity contribution is 6.04. The van der Waals surface area contributed by atoms with Crippen LogP contribution in [0.2, 0.25) is 0 Å². The van der Waals surface area contributed by atoms with Crippen molar-refractivity contribution >= 4 is 16.9 Å². The van der Waals surface area contributed by atoms with E-state index in [1.807, 2.05) is 17.0 Å². The van der Waals surface area contributed by atoms with Gasteiger partial charge in [0, 0.05) is 32.1 Å². The first-order valence-electron chi connectivity index (χ1n) is 6.89. The zero-order valence-electron chi connectivity index (χ0n) is 11.2. The minimum atomic E-state index is -0.0192. The summed E-state index contributed by atoms with van der Waals surface area (Å²) >= 11 is 0. The summed E-state index contributed by atoms with van der Waals surface area (Å²) in [5.41, 5.74) is 1.97. The predicted octanol–water partition coefficient (Wildman–Crippen LogP) is 1.47. The summed E-state index contributed by atoms with van der Waals surface area (Å²) < 4.78 is 0. The second-order valence-electron chi connectivity index (χ2n) is 5.17. The minimum Gasteiger partial charge on any atom is -0.396 e. The summed E-state index contributed by atoms with van der Waals surface area (Å²) in [5.74, 6) is 0.169. The van der Waals surface area contributed by atoms with Crippen molar-refractivity contribution in [2.75, 3.05) is 19.7 Å². The van der Waals surface area contributed by atoms with Crippen LogP contribution in [0.1, 0.15) is 23.2 Å². The van der Waals surface area contributed by atoms with Gasteiger partial charge >= 0.3 is 0 Å². The maximum absolute atomic E-state index is 12.7. The van der Waals surface area contributed by atoms with Crippen molar-refractivity contribution in [1.82, 2.24) is 14.9 Å². The molecule has 1 N–H and O–H groups in total. The number of hydrogen-bond acceptors (Lipinski definition) is 4. The fourth-order valence-corrected chi connectivity index (χ4v) is 2.73. The lowest BCUT2D eigenvalue weighted by Crippen LogP contribution is -2.41. The quantitative estimate of drug-likeness (QED) is 0.898. The van der Waals surface area contributed by atoms with Gasteiger partial charge in [-0.3, -0.25) is 14.8 Å². The largest absolute Gasteiger partial charge is 0.396 e. The molecule has 1 aromatic heterocycles. The van der Waals surface area contributed by atoms with Gasteiger partial charge < -0.3 is 10.0 Å². The number of amides is 1. The van der Waals surface area contributed by atoms with E-state index in [0.29, 0.717) is 17.6 Å². The van der Waals surface area contributed by atoms with Crippen LogP contribution in [0.15, 0.2) is 30.6 Å². The number of rotatable bonds is 2.